The molecule has 2 aromatic carbocycles. The summed E-state index contributed by atoms with van der Waals surface area (Å²) in [5.74, 6) is 0. The summed E-state index contributed by atoms with van der Waals surface area (Å²) in [6.07, 6.45) is -11.9. The average molecular weight is 412 g/mol. The lowest BCUT2D eigenvalue weighted by molar-refractivity contribution is -0.208. The zero-order chi connectivity index (χ0) is 20.2. The van der Waals surface area contributed by atoms with Gasteiger partial charge in [-0.1, -0.05) is 35.9 Å². The van der Waals surface area contributed by atoms with E-state index in [1.54, 1.807) is 24.3 Å². The maximum absolute atomic E-state index is 12.7. The van der Waals surface area contributed by atoms with Crippen molar-refractivity contribution in [2.45, 2.75) is 31.5 Å². The zero-order valence-corrected chi connectivity index (χ0v) is 14.6. The van der Waals surface area contributed by atoms with Gasteiger partial charge in [0.1, 0.15) is 0 Å². The molecule has 27 heavy (non-hydrogen) atoms. The van der Waals surface area contributed by atoms with Gasteiger partial charge in [-0.3, -0.25) is 4.90 Å². The molecule has 0 fully saturated rings. The fraction of sp³-hybridized carbons (Fsp3) is 0.333. The van der Waals surface area contributed by atoms with Crippen LogP contribution in [-0.2, 0) is 19.3 Å². The molecule has 0 aliphatic rings. The summed E-state index contributed by atoms with van der Waals surface area (Å²) >= 11 is 5.78. The van der Waals surface area contributed by atoms with Crippen molar-refractivity contribution in [3.8, 4) is 0 Å². The van der Waals surface area contributed by atoms with Gasteiger partial charge in [0.25, 0.3) is 0 Å². The first-order valence-corrected chi connectivity index (χ1v) is 8.20. The summed E-state index contributed by atoms with van der Waals surface area (Å²) in [5, 5.41) is 9.83. The van der Waals surface area contributed by atoms with Crippen LogP contribution in [0.25, 0.3) is 0 Å². The lowest BCUT2D eigenvalue weighted by atomic mass is 10.1. The Hall–Kier alpha value is -1.77. The summed E-state index contributed by atoms with van der Waals surface area (Å²) in [7, 11) is 0. The summed E-state index contributed by atoms with van der Waals surface area (Å²) < 4.78 is 76.0. The van der Waals surface area contributed by atoms with Crippen LogP contribution in [0.2, 0.25) is 5.02 Å². The third-order valence-corrected chi connectivity index (χ3v) is 4.07. The highest BCUT2D eigenvalue weighted by Crippen LogP contribution is 2.29. The van der Waals surface area contributed by atoms with Crippen molar-refractivity contribution in [2.24, 2.45) is 0 Å². The largest absolute Gasteiger partial charge is 0.416 e. The molecule has 0 heterocycles. The molecule has 0 aliphatic heterocycles. The van der Waals surface area contributed by atoms with Gasteiger partial charge in [-0.15, -0.1) is 0 Å². The van der Waals surface area contributed by atoms with Crippen LogP contribution in [0.15, 0.2) is 48.5 Å². The SMILES string of the molecule is OC(CN(Cc1ccc(Cl)cc1)Cc1ccc(C(F)(F)F)cc1)C(F)(F)F. The number of benzene rings is 2. The molecule has 0 saturated carbocycles. The van der Waals surface area contributed by atoms with E-state index >= 15 is 0 Å². The topological polar surface area (TPSA) is 23.5 Å². The lowest BCUT2D eigenvalue weighted by Gasteiger charge is -2.26. The Kier molecular flexibility index (Phi) is 6.77. The molecular formula is C18H16ClF6NO. The van der Waals surface area contributed by atoms with Crippen molar-refractivity contribution in [1.29, 1.82) is 0 Å². The van der Waals surface area contributed by atoms with Gasteiger partial charge in [0.05, 0.1) is 5.56 Å². The Labute approximate surface area is 157 Å². The van der Waals surface area contributed by atoms with E-state index in [0.717, 1.165) is 12.1 Å². The Morgan fingerprint density at radius 2 is 1.26 bits per heavy atom. The van der Waals surface area contributed by atoms with Crippen LogP contribution in [0.3, 0.4) is 0 Å². The van der Waals surface area contributed by atoms with Gasteiger partial charge in [-0.2, -0.15) is 26.3 Å². The van der Waals surface area contributed by atoms with Crippen molar-refractivity contribution in [3.05, 3.63) is 70.2 Å². The number of aliphatic hydroxyl groups is 1. The molecule has 0 aliphatic carbocycles. The Bertz CT molecular complexity index is 728. The van der Waals surface area contributed by atoms with Gasteiger partial charge in [-0.25, -0.2) is 0 Å². The number of alkyl halides is 6. The first-order chi connectivity index (χ1) is 12.4. The van der Waals surface area contributed by atoms with Gasteiger partial charge in [-0.05, 0) is 35.4 Å². The molecule has 0 aromatic heterocycles. The van der Waals surface area contributed by atoms with Crippen LogP contribution >= 0.6 is 11.6 Å². The second-order valence-electron chi connectivity index (χ2n) is 6.05. The van der Waals surface area contributed by atoms with Crippen molar-refractivity contribution in [1.82, 2.24) is 4.90 Å². The second kappa shape index (κ2) is 8.50. The third kappa shape index (κ3) is 6.71. The van der Waals surface area contributed by atoms with Crippen LogP contribution in [0.5, 0.6) is 0 Å². The van der Waals surface area contributed by atoms with Crippen LogP contribution < -0.4 is 0 Å². The number of aliphatic hydroxyl groups excluding tert-OH is 1. The maximum atomic E-state index is 12.7. The van der Waals surface area contributed by atoms with E-state index in [1.165, 1.54) is 17.0 Å². The minimum atomic E-state index is -4.79. The van der Waals surface area contributed by atoms with E-state index in [9.17, 15) is 31.4 Å². The lowest BCUT2D eigenvalue weighted by Crippen LogP contribution is -2.40. The molecule has 0 amide bonds. The third-order valence-electron chi connectivity index (χ3n) is 3.82. The van der Waals surface area contributed by atoms with E-state index < -0.39 is 30.6 Å². The van der Waals surface area contributed by atoms with Crippen molar-refractivity contribution in [3.63, 3.8) is 0 Å². The van der Waals surface area contributed by atoms with Crippen molar-refractivity contribution in [2.75, 3.05) is 6.54 Å². The predicted octanol–water partition coefficient (Wildman–Crippen LogP) is 5.28. The fourth-order valence-electron chi connectivity index (χ4n) is 2.44. The molecule has 148 valence electrons. The molecule has 2 aromatic rings. The van der Waals surface area contributed by atoms with E-state index in [2.05, 4.69) is 0 Å². The van der Waals surface area contributed by atoms with Gasteiger partial charge in [0, 0.05) is 24.7 Å². The van der Waals surface area contributed by atoms with E-state index in [0.29, 0.717) is 16.1 Å². The quantitative estimate of drug-likeness (QED) is 0.653. The Morgan fingerprint density at radius 3 is 1.67 bits per heavy atom. The molecular weight excluding hydrogens is 396 g/mol. The summed E-state index contributed by atoms with van der Waals surface area (Å²) in [6.45, 7) is -0.716. The highest BCUT2D eigenvalue weighted by Gasteiger charge is 2.39. The number of hydrogen-bond donors (Lipinski definition) is 1. The van der Waals surface area contributed by atoms with Gasteiger partial charge in [0.2, 0.25) is 0 Å². The number of rotatable bonds is 6. The minimum absolute atomic E-state index is 0.0608. The monoisotopic (exact) mass is 411 g/mol. The average Bonchev–Trinajstić information content (AvgIpc) is 2.55. The molecule has 1 atom stereocenters. The van der Waals surface area contributed by atoms with Crippen LogP contribution in [0.1, 0.15) is 16.7 Å². The summed E-state index contributed by atoms with van der Waals surface area (Å²) in [4.78, 5) is 1.31. The van der Waals surface area contributed by atoms with E-state index in [-0.39, 0.29) is 13.1 Å². The van der Waals surface area contributed by atoms with Crippen molar-refractivity contribution >= 4 is 11.6 Å². The molecule has 0 saturated heterocycles. The molecule has 2 rings (SSSR count). The van der Waals surface area contributed by atoms with Crippen LogP contribution in [0.4, 0.5) is 26.3 Å². The van der Waals surface area contributed by atoms with E-state index in [1.807, 2.05) is 0 Å². The molecule has 0 spiro atoms. The first-order valence-electron chi connectivity index (χ1n) is 7.83. The predicted molar refractivity (Wildman–Crippen MR) is 89.1 cm³/mol. The Balaban J connectivity index is 2.16. The summed E-state index contributed by atoms with van der Waals surface area (Å²) in [5.41, 5.74) is 0.206. The fourth-order valence-corrected chi connectivity index (χ4v) is 2.56. The highest BCUT2D eigenvalue weighted by atomic mass is 35.5. The second-order valence-corrected chi connectivity index (χ2v) is 6.48. The first kappa shape index (κ1) is 21.5. The zero-order valence-electron chi connectivity index (χ0n) is 13.9. The van der Waals surface area contributed by atoms with Crippen LogP contribution in [0, 0.1) is 0 Å². The van der Waals surface area contributed by atoms with Gasteiger partial charge < -0.3 is 5.11 Å². The van der Waals surface area contributed by atoms with E-state index in [4.69, 9.17) is 11.6 Å². The number of hydrogen-bond acceptors (Lipinski definition) is 2. The summed E-state index contributed by atoms with van der Waals surface area (Å²) in [6, 6.07) is 10.6. The van der Waals surface area contributed by atoms with Crippen LogP contribution in [-0.4, -0.2) is 28.8 Å². The molecule has 9 heteroatoms. The Morgan fingerprint density at radius 1 is 0.815 bits per heavy atom. The molecule has 1 unspecified atom stereocenters. The molecule has 0 radical (unpaired) electrons. The number of halogens is 7. The van der Waals surface area contributed by atoms with Gasteiger partial charge >= 0.3 is 12.4 Å². The van der Waals surface area contributed by atoms with Crippen molar-refractivity contribution < 1.29 is 31.4 Å². The molecule has 0 bridgehead atoms. The highest BCUT2D eigenvalue weighted by molar-refractivity contribution is 6.30. The molecule has 1 N–H and O–H groups in total. The van der Waals surface area contributed by atoms with Gasteiger partial charge in [0.15, 0.2) is 6.10 Å². The molecule has 2 nitrogen and oxygen atoms in total. The normalized spacial score (nSPS) is 13.8. The smallest absolute Gasteiger partial charge is 0.382 e. The standard InChI is InChI=1S/C18H16ClF6NO/c19-15-7-3-13(4-8-15)10-26(11-16(27)18(23,24)25)9-12-1-5-14(6-2-12)17(20,21)22/h1-8,16,27H,9-11H2. The number of nitrogens with zero attached hydrogens (tertiary/aromatic N) is 1. The minimum Gasteiger partial charge on any atom is -0.382 e. The maximum Gasteiger partial charge on any atom is 0.416 e.